The molecule has 2 N–H and O–H groups in total. The fourth-order valence-electron chi connectivity index (χ4n) is 2.45. The molecule has 0 aliphatic rings. The van der Waals surface area contributed by atoms with Crippen LogP contribution >= 0.6 is 7.92 Å². The van der Waals surface area contributed by atoms with Crippen LogP contribution in [-0.2, 0) is 22.2 Å². The van der Waals surface area contributed by atoms with Gasteiger partial charge in [0, 0.05) is 0 Å². The fraction of sp³-hybridized carbons (Fsp3) is 0. The minimum atomic E-state index is -2.00. The first-order valence-corrected chi connectivity index (χ1v) is 10.9. The van der Waals surface area contributed by atoms with Crippen molar-refractivity contribution in [2.75, 3.05) is 0 Å². The summed E-state index contributed by atoms with van der Waals surface area (Å²) in [4.78, 5) is 0.718. The van der Waals surface area contributed by atoms with Crippen molar-refractivity contribution in [1.29, 1.82) is 0 Å². The van der Waals surface area contributed by atoms with Crippen molar-refractivity contribution >= 4 is 46.0 Å². The van der Waals surface area contributed by atoms with E-state index in [9.17, 15) is 17.5 Å². The van der Waals surface area contributed by atoms with Gasteiger partial charge in [-0.1, -0.05) is 54.6 Å². The Morgan fingerprint density at radius 3 is 1.28 bits per heavy atom. The van der Waals surface area contributed by atoms with Crippen LogP contribution in [0.3, 0.4) is 0 Å². The Balaban J connectivity index is 2.07. The lowest BCUT2D eigenvalue weighted by Gasteiger charge is -2.19. The van der Waals surface area contributed by atoms with Crippen molar-refractivity contribution in [3.8, 4) is 0 Å². The molecule has 0 aromatic heterocycles. The molecular weight excluding hydrogens is 375 g/mol. The van der Waals surface area contributed by atoms with E-state index < -0.39 is 30.1 Å². The van der Waals surface area contributed by atoms with Gasteiger partial charge in [0.2, 0.25) is 0 Å². The van der Waals surface area contributed by atoms with E-state index in [4.69, 9.17) is 0 Å². The lowest BCUT2D eigenvalue weighted by Crippen LogP contribution is -2.20. The minimum absolute atomic E-state index is 0.359. The lowest BCUT2D eigenvalue weighted by atomic mass is 10.3. The van der Waals surface area contributed by atoms with Crippen LogP contribution in [0, 0.1) is 0 Å². The zero-order valence-corrected chi connectivity index (χ0v) is 15.5. The quantitative estimate of drug-likeness (QED) is 0.519. The second kappa shape index (κ2) is 8.13. The summed E-state index contributed by atoms with van der Waals surface area (Å²) in [6.07, 6.45) is 0. The zero-order valence-electron chi connectivity index (χ0n) is 13.0. The lowest BCUT2D eigenvalue weighted by molar-refractivity contribution is 0.563. The van der Waals surface area contributed by atoms with Crippen LogP contribution in [0.25, 0.3) is 0 Å². The number of hydrogen-bond donors (Lipinski definition) is 2. The molecule has 0 amide bonds. The van der Waals surface area contributed by atoms with Crippen LogP contribution in [0.2, 0.25) is 0 Å². The molecule has 0 aliphatic carbocycles. The van der Waals surface area contributed by atoms with Crippen molar-refractivity contribution in [3.63, 3.8) is 0 Å². The summed E-state index contributed by atoms with van der Waals surface area (Å²) in [6, 6.07) is 24.0. The Kier molecular flexibility index (Phi) is 5.89. The van der Waals surface area contributed by atoms with E-state index in [0.29, 0.717) is 9.79 Å². The van der Waals surface area contributed by atoms with E-state index in [0.717, 1.165) is 15.9 Å². The third kappa shape index (κ3) is 4.29. The van der Waals surface area contributed by atoms with E-state index in [1.54, 1.807) is 24.3 Å². The molecule has 3 aromatic carbocycles. The van der Waals surface area contributed by atoms with Crippen molar-refractivity contribution in [3.05, 3.63) is 78.9 Å². The molecule has 0 radical (unpaired) electrons. The second-order valence-electron chi connectivity index (χ2n) is 5.16. The highest BCUT2D eigenvalue weighted by atomic mass is 32.2. The molecule has 0 bridgehead atoms. The van der Waals surface area contributed by atoms with E-state index in [1.807, 2.05) is 54.6 Å². The fourth-order valence-corrected chi connectivity index (χ4v) is 5.44. The van der Waals surface area contributed by atoms with E-state index in [1.165, 1.54) is 0 Å². The zero-order chi connectivity index (χ0) is 17.8. The van der Waals surface area contributed by atoms with Gasteiger partial charge in [0.15, 0.2) is 22.2 Å². The van der Waals surface area contributed by atoms with E-state index >= 15 is 0 Å². The largest absolute Gasteiger partial charge is 0.302 e. The van der Waals surface area contributed by atoms with Crippen molar-refractivity contribution in [1.82, 2.24) is 0 Å². The topological polar surface area (TPSA) is 74.6 Å². The van der Waals surface area contributed by atoms with Crippen LogP contribution < -0.4 is 15.9 Å². The summed E-state index contributed by atoms with van der Waals surface area (Å²) >= 11 is -4.00. The monoisotopic (exact) mass is 390 g/mol. The Labute approximate surface area is 152 Å². The predicted octanol–water partition coefficient (Wildman–Crippen LogP) is 2.61. The SMILES string of the molecule is O=S(O)c1ccc(P(c2ccccc2)c2ccc(S(=O)O)cc2)cc1. The predicted molar refractivity (Wildman–Crippen MR) is 103 cm³/mol. The van der Waals surface area contributed by atoms with Crippen molar-refractivity contribution < 1.29 is 17.5 Å². The highest BCUT2D eigenvalue weighted by Gasteiger charge is 2.17. The van der Waals surface area contributed by atoms with Gasteiger partial charge in [0.1, 0.15) is 0 Å². The average Bonchev–Trinajstić information content (AvgIpc) is 2.64. The van der Waals surface area contributed by atoms with Gasteiger partial charge < -0.3 is 9.11 Å². The molecule has 0 heterocycles. The van der Waals surface area contributed by atoms with Gasteiger partial charge in [-0.3, -0.25) is 0 Å². The Hall–Kier alpha value is -1.69. The molecule has 0 saturated heterocycles. The van der Waals surface area contributed by atoms with Gasteiger partial charge in [-0.05, 0) is 48.1 Å². The van der Waals surface area contributed by atoms with Crippen molar-refractivity contribution in [2.24, 2.45) is 0 Å². The Bertz CT molecular complexity index is 839. The smallest absolute Gasteiger partial charge is 0.186 e. The normalized spacial score (nSPS) is 14.6. The first kappa shape index (κ1) is 18.1. The molecule has 25 heavy (non-hydrogen) atoms. The summed E-state index contributed by atoms with van der Waals surface area (Å²) in [7, 11) is -0.870. The molecule has 128 valence electrons. The van der Waals surface area contributed by atoms with Gasteiger partial charge >= 0.3 is 0 Å². The molecule has 7 heteroatoms. The third-order valence-electron chi connectivity index (χ3n) is 3.61. The van der Waals surface area contributed by atoms with Crippen LogP contribution in [0.1, 0.15) is 0 Å². The standard InChI is InChI=1S/C18H15O4PS2/c19-24(20)17-10-6-15(7-11-17)23(14-4-2-1-3-5-14)16-8-12-18(13-9-16)25(21)22/h1-13H,(H,19,20)(H,21,22). The maximum atomic E-state index is 11.2. The molecule has 3 rings (SSSR count). The maximum Gasteiger partial charge on any atom is 0.186 e. The molecule has 2 atom stereocenters. The number of benzene rings is 3. The van der Waals surface area contributed by atoms with Crippen LogP contribution in [0.5, 0.6) is 0 Å². The molecule has 0 aliphatic heterocycles. The summed E-state index contributed by atoms with van der Waals surface area (Å²) in [5.74, 6) is 0. The Morgan fingerprint density at radius 2 is 0.920 bits per heavy atom. The van der Waals surface area contributed by atoms with Gasteiger partial charge in [-0.2, -0.15) is 0 Å². The summed E-state index contributed by atoms with van der Waals surface area (Å²) < 4.78 is 40.8. The first-order chi connectivity index (χ1) is 12.1. The van der Waals surface area contributed by atoms with Gasteiger partial charge in [0.25, 0.3) is 0 Å². The molecule has 0 fully saturated rings. The average molecular weight is 390 g/mol. The first-order valence-electron chi connectivity index (χ1n) is 7.33. The van der Waals surface area contributed by atoms with E-state index in [-0.39, 0.29) is 0 Å². The highest BCUT2D eigenvalue weighted by Crippen LogP contribution is 2.33. The summed E-state index contributed by atoms with van der Waals surface area (Å²) in [5, 5.41) is 3.20. The summed E-state index contributed by atoms with van der Waals surface area (Å²) in [5.41, 5.74) is 0. The molecule has 3 aromatic rings. The third-order valence-corrected chi connectivity index (χ3v) is 7.40. The van der Waals surface area contributed by atoms with E-state index in [2.05, 4.69) is 0 Å². The Morgan fingerprint density at radius 1 is 0.560 bits per heavy atom. The van der Waals surface area contributed by atoms with Crippen LogP contribution in [0.4, 0.5) is 0 Å². The molecule has 4 nitrogen and oxygen atoms in total. The molecular formula is C18H15O4PS2. The maximum absolute atomic E-state index is 11.2. The van der Waals surface area contributed by atoms with Gasteiger partial charge in [-0.15, -0.1) is 0 Å². The molecule has 2 unspecified atom stereocenters. The molecule has 0 spiro atoms. The van der Waals surface area contributed by atoms with Crippen molar-refractivity contribution in [2.45, 2.75) is 9.79 Å². The number of rotatable bonds is 5. The summed E-state index contributed by atoms with van der Waals surface area (Å²) in [6.45, 7) is 0. The van der Waals surface area contributed by atoms with Gasteiger partial charge in [0.05, 0.1) is 9.79 Å². The van der Waals surface area contributed by atoms with Gasteiger partial charge in [-0.25, -0.2) is 8.42 Å². The van der Waals surface area contributed by atoms with Crippen LogP contribution in [0.15, 0.2) is 88.7 Å². The van der Waals surface area contributed by atoms with Crippen LogP contribution in [-0.4, -0.2) is 17.5 Å². The molecule has 0 saturated carbocycles. The second-order valence-corrected chi connectivity index (χ2v) is 9.32. The highest BCUT2D eigenvalue weighted by molar-refractivity contribution is 7.80. The minimum Gasteiger partial charge on any atom is -0.302 e. The number of hydrogen-bond acceptors (Lipinski definition) is 2.